The van der Waals surface area contributed by atoms with E-state index in [1.165, 1.54) is 31.7 Å². The molecule has 0 bridgehead atoms. The number of nitrogen functional groups attached to an aromatic ring is 1. The molecule has 1 fully saturated rings. The van der Waals surface area contributed by atoms with Crippen LogP contribution in [0.15, 0.2) is 27.6 Å². The number of nitrogens with zero attached hydrogens (tertiary/aromatic N) is 1. The van der Waals surface area contributed by atoms with Crippen LogP contribution in [0.4, 0.5) is 5.69 Å². The molecule has 1 saturated carbocycles. The summed E-state index contributed by atoms with van der Waals surface area (Å²) in [6, 6.07) is 5.30. The Morgan fingerprint density at radius 1 is 1.38 bits per heavy atom. The molecule has 1 aromatic rings. The molecule has 0 atom stereocenters. The molecule has 118 valence electrons. The smallest absolute Gasteiger partial charge is 0.241 e. The number of rotatable bonds is 6. The number of likely N-dealkylation sites (N-methyl/N-ethyl adjacent to an activating group) is 1. The maximum Gasteiger partial charge on any atom is 0.241 e. The fourth-order valence-electron chi connectivity index (χ4n) is 2.70. The van der Waals surface area contributed by atoms with E-state index in [-0.39, 0.29) is 4.90 Å². The Morgan fingerprint density at radius 3 is 2.67 bits per heavy atom. The number of nitrogens with two attached hydrogens (primary N) is 1. The fraction of sp³-hybridized carbons (Fsp3) is 0.571. The van der Waals surface area contributed by atoms with Crippen molar-refractivity contribution in [2.45, 2.75) is 36.6 Å². The first kappa shape index (κ1) is 16.7. The van der Waals surface area contributed by atoms with Crippen molar-refractivity contribution < 1.29 is 8.42 Å². The lowest BCUT2D eigenvalue weighted by molar-refractivity contribution is 0.250. The first-order valence-corrected chi connectivity index (χ1v) is 9.43. The highest BCUT2D eigenvalue weighted by Crippen LogP contribution is 2.24. The Morgan fingerprint density at radius 2 is 2.05 bits per heavy atom. The molecule has 0 saturated heterocycles. The van der Waals surface area contributed by atoms with Gasteiger partial charge in [-0.2, -0.15) is 0 Å². The number of hydrogen-bond acceptors (Lipinski definition) is 4. The van der Waals surface area contributed by atoms with Crippen molar-refractivity contribution in [1.82, 2.24) is 9.62 Å². The highest BCUT2D eigenvalue weighted by Gasteiger charge is 2.21. The second-order valence-electron chi connectivity index (χ2n) is 5.51. The summed E-state index contributed by atoms with van der Waals surface area (Å²) in [6.07, 6.45) is 4.98. The number of halogens is 1. The molecular formula is C14H22BrN3O2S. The van der Waals surface area contributed by atoms with E-state index < -0.39 is 10.0 Å². The van der Waals surface area contributed by atoms with E-state index in [4.69, 9.17) is 5.73 Å². The van der Waals surface area contributed by atoms with Gasteiger partial charge in [-0.1, -0.05) is 12.8 Å². The van der Waals surface area contributed by atoms with Crippen molar-refractivity contribution in [1.29, 1.82) is 0 Å². The molecule has 1 aliphatic carbocycles. The molecule has 5 nitrogen and oxygen atoms in total. The second-order valence-corrected chi connectivity index (χ2v) is 8.10. The predicted octanol–water partition coefficient (Wildman–Crippen LogP) is 2.18. The van der Waals surface area contributed by atoms with E-state index in [0.29, 0.717) is 22.7 Å². The normalized spacial score (nSPS) is 16.7. The maximum absolute atomic E-state index is 12.3. The van der Waals surface area contributed by atoms with Crippen molar-refractivity contribution in [3.8, 4) is 0 Å². The predicted molar refractivity (Wildman–Crippen MR) is 88.6 cm³/mol. The van der Waals surface area contributed by atoms with Gasteiger partial charge in [-0.15, -0.1) is 0 Å². The molecule has 0 aliphatic heterocycles. The zero-order valence-electron chi connectivity index (χ0n) is 12.2. The molecule has 7 heteroatoms. The van der Waals surface area contributed by atoms with Crippen LogP contribution in [0.5, 0.6) is 0 Å². The quantitative estimate of drug-likeness (QED) is 0.747. The van der Waals surface area contributed by atoms with E-state index in [1.54, 1.807) is 12.1 Å². The van der Waals surface area contributed by atoms with Gasteiger partial charge in [0.25, 0.3) is 0 Å². The lowest BCUT2D eigenvalue weighted by Gasteiger charge is -2.23. The molecule has 0 unspecified atom stereocenters. The number of benzene rings is 1. The second kappa shape index (κ2) is 7.09. The summed E-state index contributed by atoms with van der Waals surface area (Å²) in [6.45, 7) is 1.13. The zero-order valence-corrected chi connectivity index (χ0v) is 14.6. The van der Waals surface area contributed by atoms with E-state index in [2.05, 4.69) is 32.6 Å². The Bertz CT molecular complexity index is 586. The zero-order chi connectivity index (χ0) is 15.5. The summed E-state index contributed by atoms with van der Waals surface area (Å²) in [5, 5.41) is 0. The minimum absolute atomic E-state index is 0.222. The van der Waals surface area contributed by atoms with E-state index >= 15 is 0 Å². The van der Waals surface area contributed by atoms with Crippen LogP contribution in [0.25, 0.3) is 0 Å². The first-order chi connectivity index (χ1) is 9.90. The van der Waals surface area contributed by atoms with Crippen LogP contribution in [-0.2, 0) is 10.0 Å². The van der Waals surface area contributed by atoms with Gasteiger partial charge in [0.05, 0.1) is 4.90 Å². The van der Waals surface area contributed by atoms with Crippen molar-refractivity contribution in [3.05, 3.63) is 22.7 Å². The van der Waals surface area contributed by atoms with E-state index in [9.17, 15) is 8.42 Å². The standard InChI is InChI=1S/C14H22BrN3O2S/c1-18(12-4-2-3-5-12)9-8-17-21(19,20)14-7-6-11(16)10-13(14)15/h6-7,10,12,17H,2-5,8-9,16H2,1H3. The summed E-state index contributed by atoms with van der Waals surface area (Å²) in [5.74, 6) is 0. The van der Waals surface area contributed by atoms with Crippen LogP contribution in [0.1, 0.15) is 25.7 Å². The SMILES string of the molecule is CN(CCNS(=O)(=O)c1ccc(N)cc1Br)C1CCCC1. The molecule has 3 N–H and O–H groups in total. The molecule has 1 aromatic carbocycles. The molecule has 0 aromatic heterocycles. The lowest BCUT2D eigenvalue weighted by atomic mass is 10.2. The van der Waals surface area contributed by atoms with Crippen molar-refractivity contribution >= 4 is 31.6 Å². The van der Waals surface area contributed by atoms with Gasteiger partial charge < -0.3 is 10.6 Å². The van der Waals surface area contributed by atoms with Crippen LogP contribution in [0.2, 0.25) is 0 Å². The maximum atomic E-state index is 12.3. The number of sulfonamides is 1. The Balaban J connectivity index is 1.92. The van der Waals surface area contributed by atoms with Crippen molar-refractivity contribution in [3.63, 3.8) is 0 Å². The summed E-state index contributed by atoms with van der Waals surface area (Å²) >= 11 is 3.25. The number of nitrogens with one attached hydrogen (secondary N) is 1. The van der Waals surface area contributed by atoms with Gasteiger partial charge in [0, 0.05) is 29.3 Å². The average Bonchev–Trinajstić information content (AvgIpc) is 2.91. The summed E-state index contributed by atoms with van der Waals surface area (Å²) in [7, 11) is -1.45. The van der Waals surface area contributed by atoms with Gasteiger partial charge in [-0.25, -0.2) is 13.1 Å². The van der Waals surface area contributed by atoms with Gasteiger partial charge in [0.15, 0.2) is 0 Å². The third-order valence-electron chi connectivity index (χ3n) is 3.95. The average molecular weight is 376 g/mol. The fourth-order valence-corrected chi connectivity index (χ4v) is 4.81. The Labute approximate surface area is 135 Å². The van der Waals surface area contributed by atoms with Crippen LogP contribution in [0, 0.1) is 0 Å². The minimum atomic E-state index is -3.51. The summed E-state index contributed by atoms with van der Waals surface area (Å²) in [5.41, 5.74) is 6.16. The Kier molecular flexibility index (Phi) is 5.65. The molecule has 0 radical (unpaired) electrons. The van der Waals surface area contributed by atoms with E-state index in [0.717, 1.165) is 6.54 Å². The molecule has 1 aliphatic rings. The van der Waals surface area contributed by atoms with Gasteiger partial charge in [0.1, 0.15) is 0 Å². The van der Waals surface area contributed by atoms with Gasteiger partial charge >= 0.3 is 0 Å². The lowest BCUT2D eigenvalue weighted by Crippen LogP contribution is -2.37. The van der Waals surface area contributed by atoms with Gasteiger partial charge in [-0.3, -0.25) is 0 Å². The van der Waals surface area contributed by atoms with Crippen LogP contribution in [0.3, 0.4) is 0 Å². The van der Waals surface area contributed by atoms with Crippen LogP contribution >= 0.6 is 15.9 Å². The summed E-state index contributed by atoms with van der Waals surface area (Å²) in [4.78, 5) is 2.47. The molecule has 0 heterocycles. The third kappa shape index (κ3) is 4.42. The molecule has 2 rings (SSSR count). The van der Waals surface area contributed by atoms with Crippen molar-refractivity contribution in [2.24, 2.45) is 0 Å². The monoisotopic (exact) mass is 375 g/mol. The largest absolute Gasteiger partial charge is 0.399 e. The number of hydrogen-bond donors (Lipinski definition) is 2. The van der Waals surface area contributed by atoms with Gasteiger partial charge in [0.2, 0.25) is 10.0 Å². The number of anilines is 1. The first-order valence-electron chi connectivity index (χ1n) is 7.15. The molecule has 0 spiro atoms. The highest BCUT2D eigenvalue weighted by atomic mass is 79.9. The van der Waals surface area contributed by atoms with Crippen LogP contribution in [-0.4, -0.2) is 39.5 Å². The topological polar surface area (TPSA) is 75.4 Å². The van der Waals surface area contributed by atoms with Gasteiger partial charge in [-0.05, 0) is 54.0 Å². The van der Waals surface area contributed by atoms with Crippen molar-refractivity contribution in [2.75, 3.05) is 25.9 Å². The minimum Gasteiger partial charge on any atom is -0.399 e. The Hall–Kier alpha value is -0.630. The highest BCUT2D eigenvalue weighted by molar-refractivity contribution is 9.10. The third-order valence-corrected chi connectivity index (χ3v) is 6.39. The molecule has 21 heavy (non-hydrogen) atoms. The summed E-state index contributed by atoms with van der Waals surface area (Å²) < 4.78 is 27.7. The molecular weight excluding hydrogens is 354 g/mol. The van der Waals surface area contributed by atoms with E-state index in [1.807, 2.05) is 0 Å². The van der Waals surface area contributed by atoms with Crippen LogP contribution < -0.4 is 10.5 Å². The molecule has 0 amide bonds.